The van der Waals surface area contributed by atoms with Crippen LogP contribution >= 0.6 is 12.4 Å². The van der Waals surface area contributed by atoms with Crippen molar-refractivity contribution in [1.29, 1.82) is 0 Å². The summed E-state index contributed by atoms with van der Waals surface area (Å²) in [6.07, 6.45) is 2.56. The number of rotatable bonds is 8. The predicted octanol–water partition coefficient (Wildman–Crippen LogP) is 2.42. The molecule has 1 aromatic rings. The molecule has 0 radical (unpaired) electrons. The molecule has 0 bridgehead atoms. The van der Waals surface area contributed by atoms with Crippen LogP contribution in [0.15, 0.2) is 24.3 Å². The molecule has 1 amide bonds. The average Bonchev–Trinajstić information content (AvgIpc) is 3.35. The minimum atomic E-state index is -0.777. The highest BCUT2D eigenvalue weighted by Gasteiger charge is 2.43. The maximum absolute atomic E-state index is 12.8. The number of para-hydroxylation sites is 1. The highest BCUT2D eigenvalue weighted by Crippen LogP contribution is 2.41. The summed E-state index contributed by atoms with van der Waals surface area (Å²) in [5.41, 5.74) is 0.558. The van der Waals surface area contributed by atoms with Crippen molar-refractivity contribution in [2.24, 2.45) is 11.8 Å². The second-order valence-electron chi connectivity index (χ2n) is 6.91. The van der Waals surface area contributed by atoms with Gasteiger partial charge in [0.05, 0.1) is 18.6 Å². The normalized spacial score (nSPS) is 22.5. The fraction of sp³-hybridized carbons (Fsp3) is 0.579. The number of halogens is 1. The van der Waals surface area contributed by atoms with Crippen LogP contribution in [0.25, 0.3) is 0 Å². The van der Waals surface area contributed by atoms with Gasteiger partial charge < -0.3 is 20.1 Å². The van der Waals surface area contributed by atoms with Crippen molar-refractivity contribution in [3.05, 3.63) is 29.8 Å². The van der Waals surface area contributed by atoms with Gasteiger partial charge in [-0.3, -0.25) is 9.59 Å². The van der Waals surface area contributed by atoms with Gasteiger partial charge in [0.2, 0.25) is 0 Å². The van der Waals surface area contributed by atoms with Crippen molar-refractivity contribution in [3.63, 3.8) is 0 Å². The number of hydrogen-bond donors (Lipinski definition) is 2. The summed E-state index contributed by atoms with van der Waals surface area (Å²) >= 11 is 0. The molecule has 1 saturated carbocycles. The van der Waals surface area contributed by atoms with Gasteiger partial charge in [0, 0.05) is 25.7 Å². The third-order valence-corrected chi connectivity index (χ3v) is 5.06. The molecule has 3 rings (SSSR count). The fourth-order valence-corrected chi connectivity index (χ4v) is 3.69. The largest absolute Gasteiger partial charge is 0.493 e. The number of amides is 1. The lowest BCUT2D eigenvalue weighted by atomic mass is 9.97. The number of carboxylic acids is 1. The summed E-state index contributed by atoms with van der Waals surface area (Å²) in [5, 5.41) is 12.1. The number of hydrogen-bond acceptors (Lipinski definition) is 4. The first-order valence-corrected chi connectivity index (χ1v) is 9.05. The number of carbonyl (C=O) groups excluding carboxylic acids is 1. The van der Waals surface area contributed by atoms with Crippen LogP contribution < -0.4 is 10.1 Å². The van der Waals surface area contributed by atoms with E-state index in [-0.39, 0.29) is 30.8 Å². The SMILES string of the molecule is CCOc1ccccc1C(=O)N[C@H]1CN(CCC(=O)O)C[C@@H]1C1CC1.Cl. The van der Waals surface area contributed by atoms with E-state index in [4.69, 9.17) is 9.84 Å². The van der Waals surface area contributed by atoms with Crippen molar-refractivity contribution in [2.75, 3.05) is 26.2 Å². The number of nitrogens with zero attached hydrogens (tertiary/aromatic N) is 1. The fourth-order valence-electron chi connectivity index (χ4n) is 3.69. The molecule has 1 heterocycles. The molecule has 2 aliphatic rings. The summed E-state index contributed by atoms with van der Waals surface area (Å²) in [6, 6.07) is 7.36. The molecule has 0 spiro atoms. The Kier molecular flexibility index (Phi) is 7.29. The first kappa shape index (κ1) is 20.5. The topological polar surface area (TPSA) is 78.9 Å². The second kappa shape index (κ2) is 9.24. The molecule has 6 nitrogen and oxygen atoms in total. The second-order valence-corrected chi connectivity index (χ2v) is 6.91. The van der Waals surface area contributed by atoms with Gasteiger partial charge in [-0.05, 0) is 43.7 Å². The molecule has 0 aromatic heterocycles. The molecule has 2 atom stereocenters. The predicted molar refractivity (Wildman–Crippen MR) is 101 cm³/mol. The van der Waals surface area contributed by atoms with Crippen LogP contribution in [0.2, 0.25) is 0 Å². The number of aliphatic carboxylic acids is 1. The van der Waals surface area contributed by atoms with Gasteiger partial charge in [0.1, 0.15) is 5.75 Å². The summed E-state index contributed by atoms with van der Waals surface area (Å²) in [7, 11) is 0. The number of likely N-dealkylation sites (tertiary alicyclic amines) is 1. The Hall–Kier alpha value is -1.79. The Morgan fingerprint density at radius 3 is 2.65 bits per heavy atom. The molecular weight excluding hydrogens is 356 g/mol. The number of carbonyl (C=O) groups is 2. The van der Waals surface area contributed by atoms with E-state index in [1.807, 2.05) is 25.1 Å². The van der Waals surface area contributed by atoms with Gasteiger partial charge in [-0.1, -0.05) is 12.1 Å². The van der Waals surface area contributed by atoms with Gasteiger partial charge in [-0.15, -0.1) is 12.4 Å². The van der Waals surface area contributed by atoms with Crippen LogP contribution in [0.5, 0.6) is 5.75 Å². The van der Waals surface area contributed by atoms with Crippen LogP contribution in [0.1, 0.15) is 36.5 Å². The number of benzene rings is 1. The van der Waals surface area contributed by atoms with Gasteiger partial charge in [0.25, 0.3) is 5.91 Å². The maximum atomic E-state index is 12.8. The number of nitrogens with one attached hydrogen (secondary N) is 1. The highest BCUT2D eigenvalue weighted by molar-refractivity contribution is 5.97. The van der Waals surface area contributed by atoms with E-state index in [1.165, 1.54) is 12.8 Å². The molecule has 0 unspecified atom stereocenters. The Morgan fingerprint density at radius 2 is 2.00 bits per heavy atom. The van der Waals surface area contributed by atoms with E-state index in [1.54, 1.807) is 6.07 Å². The van der Waals surface area contributed by atoms with E-state index in [0.29, 0.717) is 36.3 Å². The van der Waals surface area contributed by atoms with Gasteiger partial charge in [0.15, 0.2) is 0 Å². The minimum absolute atomic E-state index is 0. The monoisotopic (exact) mass is 382 g/mol. The molecule has 7 heteroatoms. The van der Waals surface area contributed by atoms with Crippen molar-refractivity contribution in [1.82, 2.24) is 10.2 Å². The lowest BCUT2D eigenvalue weighted by molar-refractivity contribution is -0.137. The van der Waals surface area contributed by atoms with Crippen LogP contribution in [0.4, 0.5) is 0 Å². The Bertz CT molecular complexity index is 636. The third kappa shape index (κ3) is 5.11. The van der Waals surface area contributed by atoms with Crippen LogP contribution in [-0.4, -0.2) is 54.2 Å². The first-order chi connectivity index (χ1) is 12.1. The van der Waals surface area contributed by atoms with Gasteiger partial charge in [-0.2, -0.15) is 0 Å². The Balaban J connectivity index is 0.00000243. The van der Waals surface area contributed by atoms with E-state index < -0.39 is 5.97 Å². The quantitative estimate of drug-likeness (QED) is 0.721. The molecular formula is C19H27ClN2O4. The summed E-state index contributed by atoms with van der Waals surface area (Å²) in [6.45, 7) is 4.55. The van der Waals surface area contributed by atoms with E-state index in [9.17, 15) is 9.59 Å². The molecule has 1 aromatic carbocycles. The lowest BCUT2D eigenvalue weighted by Crippen LogP contribution is -2.41. The number of ether oxygens (including phenoxy) is 1. The number of carboxylic acid groups (broad SMARTS) is 1. The summed E-state index contributed by atoms with van der Waals surface area (Å²) in [4.78, 5) is 25.7. The highest BCUT2D eigenvalue weighted by atomic mass is 35.5. The first-order valence-electron chi connectivity index (χ1n) is 9.05. The molecule has 1 aliphatic heterocycles. The van der Waals surface area contributed by atoms with Gasteiger partial charge >= 0.3 is 5.97 Å². The molecule has 2 N–H and O–H groups in total. The summed E-state index contributed by atoms with van der Waals surface area (Å²) < 4.78 is 5.56. The standard InChI is InChI=1S/C19H26N2O4.ClH/c1-2-25-17-6-4-3-5-14(17)19(24)20-16-12-21(10-9-18(22)23)11-15(16)13-7-8-13;/h3-6,13,15-16H,2,7-12H2,1H3,(H,20,24)(H,22,23);1H/t15-,16+;/m1./s1. The van der Waals surface area contributed by atoms with Crippen LogP contribution in [0, 0.1) is 11.8 Å². The van der Waals surface area contributed by atoms with E-state index in [0.717, 1.165) is 13.1 Å². The Morgan fingerprint density at radius 1 is 1.27 bits per heavy atom. The van der Waals surface area contributed by atoms with Crippen molar-refractivity contribution in [2.45, 2.75) is 32.2 Å². The van der Waals surface area contributed by atoms with Gasteiger partial charge in [-0.25, -0.2) is 0 Å². The average molecular weight is 383 g/mol. The molecule has 1 aliphatic carbocycles. The molecule has 144 valence electrons. The van der Waals surface area contributed by atoms with Crippen molar-refractivity contribution in [3.8, 4) is 5.75 Å². The van der Waals surface area contributed by atoms with E-state index in [2.05, 4.69) is 10.2 Å². The summed E-state index contributed by atoms with van der Waals surface area (Å²) in [5.74, 6) is 0.784. The maximum Gasteiger partial charge on any atom is 0.304 e. The minimum Gasteiger partial charge on any atom is -0.493 e. The lowest BCUT2D eigenvalue weighted by Gasteiger charge is -2.20. The molecule has 2 fully saturated rings. The third-order valence-electron chi connectivity index (χ3n) is 5.06. The molecule has 1 saturated heterocycles. The zero-order valence-corrected chi connectivity index (χ0v) is 15.8. The molecule has 26 heavy (non-hydrogen) atoms. The smallest absolute Gasteiger partial charge is 0.304 e. The van der Waals surface area contributed by atoms with Crippen LogP contribution in [-0.2, 0) is 4.79 Å². The zero-order chi connectivity index (χ0) is 17.8. The van der Waals surface area contributed by atoms with E-state index >= 15 is 0 Å². The van der Waals surface area contributed by atoms with Crippen LogP contribution in [0.3, 0.4) is 0 Å². The van der Waals surface area contributed by atoms with Crippen molar-refractivity contribution >= 4 is 24.3 Å². The zero-order valence-electron chi connectivity index (χ0n) is 15.0. The Labute approximate surface area is 160 Å². The van der Waals surface area contributed by atoms with Crippen molar-refractivity contribution < 1.29 is 19.4 Å².